The van der Waals surface area contributed by atoms with Crippen molar-refractivity contribution in [3.05, 3.63) is 34.8 Å². The molecule has 1 aliphatic carbocycles. The summed E-state index contributed by atoms with van der Waals surface area (Å²) in [5.74, 6) is -8.20. The summed E-state index contributed by atoms with van der Waals surface area (Å²) in [5.41, 5.74) is -6.31. The lowest BCUT2D eigenvalue weighted by Crippen LogP contribution is -2.45. The monoisotopic (exact) mass is 331 g/mol. The molecule has 1 aliphatic heterocycles. The van der Waals surface area contributed by atoms with E-state index in [9.17, 15) is 6.48 Å². The Bertz CT molecular complexity index is 1210. The van der Waals surface area contributed by atoms with Crippen LogP contribution in [0.25, 0.3) is 0 Å². The van der Waals surface area contributed by atoms with Gasteiger partial charge in [0.05, 0.1) is 4.11 Å². The molecular formula is C21H30O2. The molecule has 0 radical (unpaired) electrons. The Morgan fingerprint density at radius 2 is 2.39 bits per heavy atom. The number of hydrogen-bond donors (Lipinski definition) is 1. The van der Waals surface area contributed by atoms with Crippen LogP contribution in [-0.2, 0) is 6.37 Å². The van der Waals surface area contributed by atoms with Gasteiger partial charge in [0, 0.05) is 36.6 Å². The van der Waals surface area contributed by atoms with Gasteiger partial charge in [0.15, 0.2) is 0 Å². The van der Waals surface area contributed by atoms with Gasteiger partial charge in [-0.25, -0.2) is 0 Å². The molecule has 2 nitrogen and oxygen atoms in total. The minimum Gasteiger partial charge on any atom is -0.507 e. The van der Waals surface area contributed by atoms with E-state index in [4.69, 9.17) is 26.7 Å². The van der Waals surface area contributed by atoms with Crippen LogP contribution in [0.4, 0.5) is 0 Å². The first-order valence-electron chi connectivity index (χ1n) is 16.0. The number of phenols is 1. The average Bonchev–Trinajstić information content (AvgIpc) is 2.75. The van der Waals surface area contributed by atoms with Gasteiger partial charge in [-0.3, -0.25) is 0 Å². The molecule has 1 N–H and O–H groups in total. The second-order valence-electron chi connectivity index (χ2n) is 5.60. The van der Waals surface area contributed by atoms with Gasteiger partial charge in [-0.2, -0.15) is 0 Å². The Balaban J connectivity index is 2.67. The zero-order valence-electron chi connectivity index (χ0n) is 29.8. The van der Waals surface area contributed by atoms with E-state index in [1.165, 1.54) is 0 Å². The maximum atomic E-state index is 11.2. The smallest absolute Gasteiger partial charge is 0.127 e. The number of fused-ring (bicyclic) bond motifs is 3. The lowest BCUT2D eigenvalue weighted by molar-refractivity contribution is 0.0107. The third-order valence-corrected chi connectivity index (χ3v) is 3.80. The first kappa shape index (κ1) is 5.54. The van der Waals surface area contributed by atoms with Crippen molar-refractivity contribution in [3.8, 4) is 11.5 Å². The standard InChI is InChI=1S/C21H30O2/c1-5-6-7-8-15-12-18(22)20-16-11-14(2)9-10-17(16)21(3,4)23-19(20)13-15/h11-13,16-17,22H,5-10H2,1-4H3/t16-,17-/m1/s1/i2D3,3D3,4D3,8D2,10D2,11D,12D,13D,17D. The van der Waals surface area contributed by atoms with Gasteiger partial charge in [-0.15, -0.1) is 0 Å². The van der Waals surface area contributed by atoms with Gasteiger partial charge >= 0.3 is 0 Å². The van der Waals surface area contributed by atoms with E-state index in [1.54, 1.807) is 6.92 Å². The van der Waals surface area contributed by atoms with Crippen LogP contribution >= 0.6 is 0 Å². The number of allylic oxidation sites excluding steroid dienone is 2. The van der Waals surface area contributed by atoms with Gasteiger partial charge in [0.25, 0.3) is 0 Å². The highest BCUT2D eigenvalue weighted by molar-refractivity contribution is 5.53. The molecule has 1 aromatic rings. The van der Waals surface area contributed by atoms with Crippen molar-refractivity contribution in [2.45, 2.75) is 77.4 Å². The summed E-state index contributed by atoms with van der Waals surface area (Å²) >= 11 is 0. The summed E-state index contributed by atoms with van der Waals surface area (Å²) in [6, 6.07) is -3.07. The molecule has 2 atom stereocenters. The Kier molecular flexibility index (Phi) is 1.50. The maximum absolute atomic E-state index is 11.2. The van der Waals surface area contributed by atoms with E-state index in [2.05, 4.69) is 0 Å². The van der Waals surface area contributed by atoms with Crippen molar-refractivity contribution in [2.24, 2.45) is 5.89 Å². The fourth-order valence-corrected chi connectivity index (χ4v) is 2.67. The van der Waals surface area contributed by atoms with E-state index in [-0.39, 0.29) is 12.8 Å². The van der Waals surface area contributed by atoms with Crippen LogP contribution < -0.4 is 4.74 Å². The second kappa shape index (κ2) is 6.22. The first-order valence-corrected chi connectivity index (χ1v) is 7.52. The molecule has 0 unspecified atom stereocenters. The minimum absolute atomic E-state index is 0.246. The van der Waals surface area contributed by atoms with Gasteiger partial charge in [-0.1, -0.05) is 31.4 Å². The Morgan fingerprint density at radius 3 is 3.13 bits per heavy atom. The molecular weight excluding hydrogens is 284 g/mol. The van der Waals surface area contributed by atoms with Crippen LogP contribution in [0.1, 0.15) is 99.9 Å². The van der Waals surface area contributed by atoms with Crippen molar-refractivity contribution in [3.63, 3.8) is 0 Å². The summed E-state index contributed by atoms with van der Waals surface area (Å²) in [6.45, 7) is -9.11. The lowest BCUT2D eigenvalue weighted by atomic mass is 9.68. The second-order valence-corrected chi connectivity index (χ2v) is 5.60. The molecule has 2 heteroatoms. The first-order chi connectivity index (χ1) is 17.8. The predicted octanol–water partition coefficient (Wildman–Crippen LogP) is 5.74. The van der Waals surface area contributed by atoms with Gasteiger partial charge in [-0.05, 0) is 63.8 Å². The molecule has 0 spiro atoms. The third-order valence-electron chi connectivity index (χ3n) is 3.80. The summed E-state index contributed by atoms with van der Waals surface area (Å²) in [5, 5.41) is 11.2. The van der Waals surface area contributed by atoms with Crippen LogP contribution in [0, 0.1) is 5.89 Å². The number of aromatic hydroxyl groups is 1. The molecule has 0 fully saturated rings. The summed E-state index contributed by atoms with van der Waals surface area (Å²) in [7, 11) is 0. The summed E-state index contributed by atoms with van der Waals surface area (Å²) in [4.78, 5) is 0. The Morgan fingerprint density at radius 1 is 1.52 bits per heavy atom. The maximum Gasteiger partial charge on any atom is 0.127 e. The topological polar surface area (TPSA) is 29.5 Å². The van der Waals surface area contributed by atoms with E-state index in [1.807, 2.05) is 0 Å². The number of phenolic OH excluding ortho intramolecular Hbond substituents is 1. The van der Waals surface area contributed by atoms with Gasteiger partial charge in [0.1, 0.15) is 17.1 Å². The molecule has 2 aliphatic rings. The van der Waals surface area contributed by atoms with Crippen LogP contribution in [0.15, 0.2) is 23.7 Å². The van der Waals surface area contributed by atoms with E-state index in [0.717, 1.165) is 0 Å². The zero-order valence-corrected chi connectivity index (χ0v) is 12.8. The fraction of sp³-hybridized carbons (Fsp3) is 0.619. The summed E-state index contributed by atoms with van der Waals surface area (Å²) in [6.07, 6.45) is -6.46. The number of benzene rings is 1. The molecule has 1 heterocycles. The van der Waals surface area contributed by atoms with E-state index < -0.39 is 103 Å². The third kappa shape index (κ3) is 3.13. The van der Waals surface area contributed by atoms with E-state index in [0.29, 0.717) is 6.42 Å². The van der Waals surface area contributed by atoms with Crippen molar-refractivity contribution >= 4 is 0 Å². The van der Waals surface area contributed by atoms with Crippen molar-refractivity contribution in [2.75, 3.05) is 0 Å². The molecule has 0 aromatic heterocycles. The predicted molar refractivity (Wildman–Crippen MR) is 95.3 cm³/mol. The van der Waals surface area contributed by atoms with Crippen LogP contribution in [0.3, 0.4) is 0 Å². The van der Waals surface area contributed by atoms with Crippen LogP contribution in [0.5, 0.6) is 11.5 Å². The molecule has 3 rings (SSSR count). The average molecular weight is 332 g/mol. The highest BCUT2D eigenvalue weighted by atomic mass is 16.5. The van der Waals surface area contributed by atoms with Gasteiger partial charge in [0.2, 0.25) is 0 Å². The Labute approximate surface area is 164 Å². The fourth-order valence-electron chi connectivity index (χ4n) is 2.67. The number of unbranched alkanes of at least 4 members (excludes halogenated alkanes) is 1. The van der Waals surface area contributed by atoms with Crippen molar-refractivity contribution in [1.29, 1.82) is 0 Å². The number of rotatable bonds is 4. The molecule has 126 valence electrons. The quantitative estimate of drug-likeness (QED) is 0.713. The SMILES string of the molecule is [2H]C1=C(C([2H])([2H])[2H])CC([2H])([2H])[C@]2([2H])[C@@H]1c1c(O)c([2H])c(C([2H])([2H])CCCC)c([2H])c1OC2(C([2H])([2H])[2H])C([2H])([2H])[2H]. The van der Waals surface area contributed by atoms with Crippen molar-refractivity contribution < 1.29 is 33.1 Å². The molecule has 0 saturated heterocycles. The zero-order chi connectivity index (χ0) is 31.2. The highest BCUT2D eigenvalue weighted by Gasteiger charge is 2.45. The normalized spacial score (nSPS) is 44.0. The Hall–Kier alpha value is -1.44. The van der Waals surface area contributed by atoms with Crippen molar-refractivity contribution in [1.82, 2.24) is 0 Å². The molecule has 0 amide bonds. The number of ether oxygens (including phenoxy) is 1. The highest BCUT2D eigenvalue weighted by Crippen LogP contribution is 2.53. The molecule has 0 saturated carbocycles. The molecule has 1 aromatic carbocycles. The largest absolute Gasteiger partial charge is 0.507 e. The molecule has 23 heavy (non-hydrogen) atoms. The lowest BCUT2D eigenvalue weighted by Gasteiger charge is -2.46. The molecule has 0 bridgehead atoms. The minimum atomic E-state index is -3.86. The van der Waals surface area contributed by atoms with Crippen LogP contribution in [-0.4, -0.2) is 10.7 Å². The number of hydrogen-bond acceptors (Lipinski definition) is 2. The van der Waals surface area contributed by atoms with Crippen LogP contribution in [0.2, 0.25) is 0 Å². The van der Waals surface area contributed by atoms with Gasteiger partial charge < -0.3 is 9.84 Å². The van der Waals surface area contributed by atoms with E-state index >= 15 is 0 Å². The summed E-state index contributed by atoms with van der Waals surface area (Å²) < 4.78 is 148.